The van der Waals surface area contributed by atoms with Gasteiger partial charge < -0.3 is 10.6 Å². The van der Waals surface area contributed by atoms with Crippen molar-refractivity contribution in [2.45, 2.75) is 66.2 Å². The van der Waals surface area contributed by atoms with Crippen molar-refractivity contribution in [2.75, 3.05) is 11.9 Å². The van der Waals surface area contributed by atoms with Crippen molar-refractivity contribution in [3.63, 3.8) is 0 Å². The number of anilines is 1. The van der Waals surface area contributed by atoms with Crippen LogP contribution in [0.2, 0.25) is 0 Å². The van der Waals surface area contributed by atoms with E-state index in [1.165, 1.54) is 24.8 Å². The Kier molecular flexibility index (Phi) is 8.38. The lowest BCUT2D eigenvalue weighted by Crippen LogP contribution is -2.33. The molecule has 128 valence electrons. The fraction of sp³-hybridized carbons (Fsp3) is 0.579. The summed E-state index contributed by atoms with van der Waals surface area (Å²) in [5, 5.41) is 5.58. The van der Waals surface area contributed by atoms with Crippen LogP contribution in [0.4, 0.5) is 5.69 Å². The van der Waals surface area contributed by atoms with E-state index in [9.17, 15) is 9.59 Å². The number of nitrogens with one attached hydrogen (secondary N) is 2. The first-order valence-corrected chi connectivity index (χ1v) is 8.58. The van der Waals surface area contributed by atoms with Gasteiger partial charge in [0.05, 0.1) is 6.54 Å². The topological polar surface area (TPSA) is 58.2 Å². The first kappa shape index (κ1) is 19.2. The van der Waals surface area contributed by atoms with Crippen LogP contribution in [0.5, 0.6) is 0 Å². The molecule has 1 rings (SSSR count). The molecule has 2 amide bonds. The second-order valence-electron chi connectivity index (χ2n) is 6.26. The van der Waals surface area contributed by atoms with Crippen molar-refractivity contribution < 1.29 is 9.59 Å². The van der Waals surface area contributed by atoms with Crippen LogP contribution in [0.3, 0.4) is 0 Å². The van der Waals surface area contributed by atoms with Crippen molar-refractivity contribution in [2.24, 2.45) is 0 Å². The van der Waals surface area contributed by atoms with Gasteiger partial charge in [0.2, 0.25) is 11.8 Å². The molecule has 0 radical (unpaired) electrons. The fourth-order valence-corrected chi connectivity index (χ4v) is 2.72. The van der Waals surface area contributed by atoms with E-state index in [4.69, 9.17) is 0 Å². The molecule has 4 nitrogen and oxygen atoms in total. The average Bonchev–Trinajstić information content (AvgIpc) is 2.48. The van der Waals surface area contributed by atoms with Gasteiger partial charge in [-0.25, -0.2) is 0 Å². The Morgan fingerprint density at radius 2 is 1.52 bits per heavy atom. The molecular formula is C19H30N2O2. The molecule has 0 bridgehead atoms. The van der Waals surface area contributed by atoms with E-state index >= 15 is 0 Å². The smallest absolute Gasteiger partial charge is 0.243 e. The van der Waals surface area contributed by atoms with Crippen molar-refractivity contribution >= 4 is 17.5 Å². The second kappa shape index (κ2) is 10.0. The summed E-state index contributed by atoms with van der Waals surface area (Å²) < 4.78 is 0. The van der Waals surface area contributed by atoms with Gasteiger partial charge in [0.15, 0.2) is 0 Å². The molecule has 0 saturated carbocycles. The monoisotopic (exact) mass is 318 g/mol. The minimum Gasteiger partial charge on any atom is -0.347 e. The summed E-state index contributed by atoms with van der Waals surface area (Å²) in [6, 6.07) is 4.08. The Balaban J connectivity index is 2.33. The number of carbonyl (C=O) groups is 2. The van der Waals surface area contributed by atoms with Crippen LogP contribution >= 0.6 is 0 Å². The van der Waals surface area contributed by atoms with Crippen molar-refractivity contribution in [1.82, 2.24) is 5.32 Å². The van der Waals surface area contributed by atoms with Crippen LogP contribution in [0.15, 0.2) is 12.1 Å². The number of benzene rings is 1. The quantitative estimate of drug-likeness (QED) is 0.675. The number of rotatable bonds is 9. The Labute approximate surface area is 140 Å². The van der Waals surface area contributed by atoms with Crippen LogP contribution in [-0.4, -0.2) is 18.4 Å². The minimum absolute atomic E-state index is 0.0283. The first-order valence-electron chi connectivity index (χ1n) is 8.58. The molecule has 0 aliphatic heterocycles. The highest BCUT2D eigenvalue weighted by molar-refractivity contribution is 5.95. The van der Waals surface area contributed by atoms with Crippen LogP contribution in [0.25, 0.3) is 0 Å². The maximum absolute atomic E-state index is 12.0. The zero-order valence-corrected chi connectivity index (χ0v) is 14.9. The molecule has 0 aliphatic carbocycles. The van der Waals surface area contributed by atoms with E-state index in [0.717, 1.165) is 29.7 Å². The maximum atomic E-state index is 12.0. The summed E-state index contributed by atoms with van der Waals surface area (Å²) in [6.45, 7) is 8.19. The second-order valence-corrected chi connectivity index (χ2v) is 6.26. The highest BCUT2D eigenvalue weighted by Crippen LogP contribution is 2.21. The molecule has 1 aromatic rings. The summed E-state index contributed by atoms with van der Waals surface area (Å²) in [6.07, 6.45) is 6.07. The van der Waals surface area contributed by atoms with Gasteiger partial charge in [-0.3, -0.25) is 9.59 Å². The Bertz CT molecular complexity index is 515. The van der Waals surface area contributed by atoms with Gasteiger partial charge in [0.1, 0.15) is 0 Å². The first-order chi connectivity index (χ1) is 10.9. The molecule has 0 heterocycles. The van der Waals surface area contributed by atoms with E-state index in [2.05, 4.69) is 17.6 Å². The lowest BCUT2D eigenvalue weighted by molar-refractivity contribution is -0.124. The fourth-order valence-electron chi connectivity index (χ4n) is 2.72. The molecule has 1 aromatic carbocycles. The van der Waals surface area contributed by atoms with Crippen molar-refractivity contribution in [1.29, 1.82) is 0 Å². The minimum atomic E-state index is -0.181. The highest BCUT2D eigenvalue weighted by Gasteiger charge is 2.09. The molecule has 0 spiro atoms. The third-order valence-electron chi connectivity index (χ3n) is 3.89. The molecule has 2 N–H and O–H groups in total. The molecule has 0 fully saturated rings. The molecular weight excluding hydrogens is 288 g/mol. The summed E-state index contributed by atoms with van der Waals surface area (Å²) in [4.78, 5) is 23.7. The molecule has 0 aromatic heterocycles. The predicted octanol–water partition coefficient (Wildman–Crippen LogP) is 4.03. The number of hydrogen-bond acceptors (Lipinski definition) is 2. The Morgan fingerprint density at radius 1 is 0.913 bits per heavy atom. The Hall–Kier alpha value is -1.84. The van der Waals surface area contributed by atoms with Crippen LogP contribution < -0.4 is 10.6 Å². The number of hydrogen-bond donors (Lipinski definition) is 2. The van der Waals surface area contributed by atoms with Gasteiger partial charge in [-0.2, -0.15) is 0 Å². The number of carbonyl (C=O) groups excluding carboxylic acids is 2. The number of amides is 2. The van der Waals surface area contributed by atoms with Gasteiger partial charge in [0, 0.05) is 12.1 Å². The number of aryl methyl sites for hydroxylation is 3. The lowest BCUT2D eigenvalue weighted by Gasteiger charge is -2.13. The summed E-state index contributed by atoms with van der Waals surface area (Å²) >= 11 is 0. The molecule has 4 heteroatoms. The van der Waals surface area contributed by atoms with E-state index in [1.54, 1.807) is 0 Å². The van der Waals surface area contributed by atoms with E-state index in [1.807, 2.05) is 32.9 Å². The van der Waals surface area contributed by atoms with Crippen LogP contribution in [0.1, 0.15) is 62.1 Å². The van der Waals surface area contributed by atoms with E-state index in [0.29, 0.717) is 6.42 Å². The molecule has 23 heavy (non-hydrogen) atoms. The van der Waals surface area contributed by atoms with Crippen molar-refractivity contribution in [3.05, 3.63) is 28.8 Å². The van der Waals surface area contributed by atoms with Gasteiger partial charge in [0.25, 0.3) is 0 Å². The van der Waals surface area contributed by atoms with Gasteiger partial charge in [-0.05, 0) is 38.3 Å². The third-order valence-corrected chi connectivity index (χ3v) is 3.89. The van der Waals surface area contributed by atoms with E-state index in [-0.39, 0.29) is 18.4 Å². The van der Waals surface area contributed by atoms with Gasteiger partial charge >= 0.3 is 0 Å². The highest BCUT2D eigenvalue weighted by atomic mass is 16.2. The standard InChI is InChI=1S/C19H30N2O2/c1-5-6-7-8-9-10-17(22)20-13-18(23)21-19-15(3)11-14(2)12-16(19)4/h11-12H,5-10,13H2,1-4H3,(H,20,22)(H,21,23). The molecule has 0 atom stereocenters. The largest absolute Gasteiger partial charge is 0.347 e. The van der Waals surface area contributed by atoms with Gasteiger partial charge in [-0.1, -0.05) is 50.3 Å². The zero-order chi connectivity index (χ0) is 17.2. The lowest BCUT2D eigenvalue weighted by atomic mass is 10.1. The molecule has 0 aliphatic rings. The van der Waals surface area contributed by atoms with Crippen LogP contribution in [0, 0.1) is 20.8 Å². The average molecular weight is 318 g/mol. The third kappa shape index (κ3) is 7.31. The zero-order valence-electron chi connectivity index (χ0n) is 14.9. The SMILES string of the molecule is CCCCCCCC(=O)NCC(=O)Nc1c(C)cc(C)cc1C. The summed E-state index contributed by atoms with van der Waals surface area (Å²) in [5.41, 5.74) is 4.10. The van der Waals surface area contributed by atoms with Crippen molar-refractivity contribution in [3.8, 4) is 0 Å². The Morgan fingerprint density at radius 3 is 2.13 bits per heavy atom. The maximum Gasteiger partial charge on any atom is 0.243 e. The number of unbranched alkanes of at least 4 members (excludes halogenated alkanes) is 4. The normalized spacial score (nSPS) is 10.4. The molecule has 0 unspecified atom stereocenters. The summed E-state index contributed by atoms with van der Waals surface area (Å²) in [7, 11) is 0. The van der Waals surface area contributed by atoms with Gasteiger partial charge in [-0.15, -0.1) is 0 Å². The van der Waals surface area contributed by atoms with E-state index < -0.39 is 0 Å². The summed E-state index contributed by atoms with van der Waals surface area (Å²) in [5.74, 6) is -0.228. The molecule has 0 saturated heterocycles. The van der Waals surface area contributed by atoms with Crippen LogP contribution in [-0.2, 0) is 9.59 Å². The predicted molar refractivity (Wildman–Crippen MR) is 95.7 cm³/mol.